The van der Waals surface area contributed by atoms with Crippen molar-refractivity contribution in [2.24, 2.45) is 22.7 Å². The van der Waals surface area contributed by atoms with Gasteiger partial charge in [-0.1, -0.05) is 48.4 Å². The van der Waals surface area contributed by atoms with E-state index in [2.05, 4.69) is 49.4 Å². The number of hydrogen-bond donors (Lipinski definition) is 0. The zero-order valence-corrected chi connectivity index (χ0v) is 21.6. The van der Waals surface area contributed by atoms with Gasteiger partial charge in [-0.05, 0) is 68.2 Å². The van der Waals surface area contributed by atoms with Gasteiger partial charge < -0.3 is 18.9 Å². The van der Waals surface area contributed by atoms with Crippen molar-refractivity contribution in [1.82, 2.24) is 0 Å². The first-order chi connectivity index (χ1) is 17.2. The maximum absolute atomic E-state index is 6.36. The van der Waals surface area contributed by atoms with E-state index in [0.29, 0.717) is 11.8 Å². The molecule has 1 aromatic carbocycles. The van der Waals surface area contributed by atoms with E-state index in [1.54, 1.807) is 11.1 Å². The van der Waals surface area contributed by atoms with Gasteiger partial charge >= 0.3 is 0 Å². The van der Waals surface area contributed by atoms with E-state index in [-0.39, 0.29) is 35.2 Å². The van der Waals surface area contributed by atoms with E-state index < -0.39 is 0 Å². The van der Waals surface area contributed by atoms with Crippen LogP contribution in [0.1, 0.15) is 45.4 Å². The molecule has 7 rings (SSSR count). The zero-order chi connectivity index (χ0) is 23.5. The Morgan fingerprint density at radius 1 is 0.971 bits per heavy atom. The van der Waals surface area contributed by atoms with Gasteiger partial charge in [-0.2, -0.15) is 0 Å². The van der Waals surface area contributed by atoms with Gasteiger partial charge in [-0.3, -0.25) is 0 Å². The molecule has 35 heavy (non-hydrogen) atoms. The highest BCUT2D eigenvalue weighted by Gasteiger charge is 2.61. The Labute approximate surface area is 213 Å². The maximum Gasteiger partial charge on any atom is 0.102 e. The third-order valence-electron chi connectivity index (χ3n) is 10.1. The minimum Gasteiger partial charge on any atom is -0.373 e. The van der Waals surface area contributed by atoms with E-state index in [0.717, 1.165) is 51.4 Å². The SMILES string of the molecule is C[C@]12CC=C3[C@@H](CCC4=CC5OCCOC5C[C@@]43CCSc3ccccc3)[C@@H]1CC1OCCOC12. The first-order valence-corrected chi connectivity index (χ1v) is 14.7. The van der Waals surface area contributed by atoms with E-state index in [9.17, 15) is 0 Å². The molecule has 4 fully saturated rings. The number of thioether (sulfide) groups is 1. The third kappa shape index (κ3) is 3.72. The van der Waals surface area contributed by atoms with Crippen LogP contribution in [-0.2, 0) is 18.9 Å². The maximum atomic E-state index is 6.36. The second kappa shape index (κ2) is 9.02. The number of benzene rings is 1. The summed E-state index contributed by atoms with van der Waals surface area (Å²) in [6.07, 6.45) is 12.9. The van der Waals surface area contributed by atoms with Gasteiger partial charge in [0.2, 0.25) is 0 Å². The molecule has 8 atom stereocenters. The van der Waals surface area contributed by atoms with Crippen molar-refractivity contribution in [2.75, 3.05) is 32.2 Å². The van der Waals surface area contributed by atoms with Crippen molar-refractivity contribution in [3.63, 3.8) is 0 Å². The van der Waals surface area contributed by atoms with Crippen LogP contribution in [0.25, 0.3) is 0 Å². The minimum absolute atomic E-state index is 0.114. The molecule has 6 aliphatic rings. The van der Waals surface area contributed by atoms with Gasteiger partial charge in [-0.15, -0.1) is 11.8 Å². The van der Waals surface area contributed by atoms with E-state index in [1.807, 2.05) is 11.8 Å². The molecular formula is C30H38O4S. The van der Waals surface area contributed by atoms with Crippen LogP contribution in [0.5, 0.6) is 0 Å². The van der Waals surface area contributed by atoms with Crippen LogP contribution in [0.3, 0.4) is 0 Å². The molecule has 2 saturated carbocycles. The molecule has 2 heterocycles. The largest absolute Gasteiger partial charge is 0.373 e. The van der Waals surface area contributed by atoms with Crippen LogP contribution in [0.4, 0.5) is 0 Å². The summed E-state index contributed by atoms with van der Waals surface area (Å²) < 4.78 is 25.1. The summed E-state index contributed by atoms with van der Waals surface area (Å²) in [6.45, 7) is 5.43. The summed E-state index contributed by atoms with van der Waals surface area (Å²) in [5.41, 5.74) is 3.66. The Morgan fingerprint density at radius 2 is 1.77 bits per heavy atom. The third-order valence-corrected chi connectivity index (χ3v) is 11.1. The quantitative estimate of drug-likeness (QED) is 0.389. The molecule has 5 heteroatoms. The van der Waals surface area contributed by atoms with Gasteiger partial charge in [0.05, 0.1) is 44.7 Å². The summed E-state index contributed by atoms with van der Waals surface area (Å²) in [6, 6.07) is 10.9. The van der Waals surface area contributed by atoms with Gasteiger partial charge in [0.25, 0.3) is 0 Å². The average molecular weight is 495 g/mol. The highest BCUT2D eigenvalue weighted by molar-refractivity contribution is 7.99. The van der Waals surface area contributed by atoms with Crippen molar-refractivity contribution in [3.05, 3.63) is 53.6 Å². The lowest BCUT2D eigenvalue weighted by Gasteiger charge is -2.56. The first-order valence-electron chi connectivity index (χ1n) is 13.7. The van der Waals surface area contributed by atoms with Crippen molar-refractivity contribution >= 4 is 11.8 Å². The molecule has 2 aliphatic heterocycles. The summed E-state index contributed by atoms with van der Waals surface area (Å²) >= 11 is 2.00. The fourth-order valence-electron chi connectivity index (χ4n) is 8.56. The second-order valence-corrected chi connectivity index (χ2v) is 12.9. The molecule has 2 saturated heterocycles. The summed E-state index contributed by atoms with van der Waals surface area (Å²) in [5, 5.41) is 0. The molecule has 0 aromatic heterocycles. The van der Waals surface area contributed by atoms with Gasteiger partial charge in [0.15, 0.2) is 0 Å². The lowest BCUT2D eigenvalue weighted by atomic mass is 9.50. The topological polar surface area (TPSA) is 36.9 Å². The Kier molecular flexibility index (Phi) is 5.94. The van der Waals surface area contributed by atoms with E-state index >= 15 is 0 Å². The molecule has 4 unspecified atom stereocenters. The molecular weight excluding hydrogens is 456 g/mol. The second-order valence-electron chi connectivity index (χ2n) is 11.7. The Bertz CT molecular complexity index is 1010. The Morgan fingerprint density at radius 3 is 2.66 bits per heavy atom. The number of allylic oxidation sites excluding steroid dienone is 3. The standard InChI is InChI=1S/C30H38O4S/c1-29-10-9-23-22(24(29)18-26-28(29)34-15-14-32-26)8-7-20-17-25-27(33-13-12-31-25)19-30(20,23)11-16-35-21-5-3-2-4-6-21/h2-6,9,17,22,24-28H,7-8,10-16,18-19H2,1H3/t22-,24+,25?,26?,27?,28?,29+,30+/m1/s1. The monoisotopic (exact) mass is 494 g/mol. The van der Waals surface area contributed by atoms with E-state index in [1.165, 1.54) is 24.2 Å². The van der Waals surface area contributed by atoms with Crippen molar-refractivity contribution in [3.8, 4) is 0 Å². The first kappa shape index (κ1) is 23.0. The molecule has 4 nitrogen and oxygen atoms in total. The number of fused-ring (bicyclic) bond motifs is 8. The molecule has 188 valence electrons. The van der Waals surface area contributed by atoms with Crippen LogP contribution in [-0.4, -0.2) is 56.6 Å². The highest BCUT2D eigenvalue weighted by Crippen LogP contribution is 2.65. The molecule has 0 radical (unpaired) electrons. The van der Waals surface area contributed by atoms with E-state index in [4.69, 9.17) is 18.9 Å². The molecule has 4 aliphatic carbocycles. The molecule has 0 spiro atoms. The van der Waals surface area contributed by atoms with Crippen molar-refractivity contribution in [2.45, 2.75) is 74.8 Å². The fraction of sp³-hybridized carbons (Fsp3) is 0.667. The summed E-state index contributed by atoms with van der Waals surface area (Å²) in [7, 11) is 0. The van der Waals surface area contributed by atoms with Crippen LogP contribution in [0, 0.1) is 22.7 Å². The lowest BCUT2D eigenvalue weighted by molar-refractivity contribution is -0.157. The van der Waals surface area contributed by atoms with Crippen molar-refractivity contribution in [1.29, 1.82) is 0 Å². The Hall–Kier alpha value is -1.11. The fourth-order valence-corrected chi connectivity index (χ4v) is 9.59. The normalized spacial score (nSPS) is 44.1. The van der Waals surface area contributed by atoms with Gasteiger partial charge in [0, 0.05) is 15.7 Å². The molecule has 0 N–H and O–H groups in total. The van der Waals surface area contributed by atoms with Crippen LogP contribution >= 0.6 is 11.8 Å². The minimum atomic E-state index is 0.114. The number of rotatable bonds is 4. The lowest BCUT2D eigenvalue weighted by Crippen LogP contribution is -2.52. The van der Waals surface area contributed by atoms with Crippen LogP contribution in [0.15, 0.2) is 58.5 Å². The predicted molar refractivity (Wildman–Crippen MR) is 138 cm³/mol. The average Bonchev–Trinajstić information content (AvgIpc) is 3.21. The number of ether oxygens (including phenoxy) is 4. The predicted octanol–water partition coefficient (Wildman–Crippen LogP) is 5.82. The Balaban J connectivity index is 1.23. The highest BCUT2D eigenvalue weighted by atomic mass is 32.2. The van der Waals surface area contributed by atoms with Gasteiger partial charge in [0.1, 0.15) is 6.10 Å². The van der Waals surface area contributed by atoms with Crippen LogP contribution < -0.4 is 0 Å². The number of hydrogen-bond acceptors (Lipinski definition) is 5. The van der Waals surface area contributed by atoms with Crippen LogP contribution in [0.2, 0.25) is 0 Å². The molecule has 0 bridgehead atoms. The summed E-state index contributed by atoms with van der Waals surface area (Å²) in [4.78, 5) is 1.37. The van der Waals surface area contributed by atoms with Crippen molar-refractivity contribution < 1.29 is 18.9 Å². The van der Waals surface area contributed by atoms with Gasteiger partial charge in [-0.25, -0.2) is 0 Å². The summed E-state index contributed by atoms with van der Waals surface area (Å²) in [5.74, 6) is 2.41. The molecule has 1 aromatic rings. The molecule has 0 amide bonds. The zero-order valence-electron chi connectivity index (χ0n) is 20.8. The smallest absolute Gasteiger partial charge is 0.102 e.